The van der Waals surface area contributed by atoms with Gasteiger partial charge in [0.15, 0.2) is 0 Å². The maximum absolute atomic E-state index is 13.1. The number of rotatable bonds is 6. The lowest BCUT2D eigenvalue weighted by Gasteiger charge is -2.41. The molecule has 7 nitrogen and oxygen atoms in total. The first-order valence-electron chi connectivity index (χ1n) is 8.40. The molecule has 1 aliphatic carbocycles. The molecule has 2 aliphatic heterocycles. The number of hydrogen-bond donors (Lipinski definition) is 1. The molecule has 1 atom stereocenters. The molecule has 2 bridgehead atoms. The zero-order valence-electron chi connectivity index (χ0n) is 14.2. The van der Waals surface area contributed by atoms with E-state index >= 15 is 0 Å². The van der Waals surface area contributed by atoms with Crippen molar-refractivity contribution < 1.29 is 23.8 Å². The zero-order valence-corrected chi connectivity index (χ0v) is 14.2. The van der Waals surface area contributed by atoms with Crippen molar-refractivity contribution >= 4 is 11.7 Å². The summed E-state index contributed by atoms with van der Waals surface area (Å²) >= 11 is 0. The molecule has 5 rings (SSSR count). The summed E-state index contributed by atoms with van der Waals surface area (Å²) in [4.78, 5) is 20.4. The van der Waals surface area contributed by atoms with Crippen molar-refractivity contribution in [2.45, 2.75) is 50.2 Å². The molecular formula is C17H20FN3O4. The smallest absolute Gasteiger partial charge is 0.342 e. The summed E-state index contributed by atoms with van der Waals surface area (Å²) in [5.74, 6) is -0.666. The molecule has 0 radical (unpaired) electrons. The van der Waals surface area contributed by atoms with Gasteiger partial charge in [-0.1, -0.05) is 6.92 Å². The first-order valence-corrected chi connectivity index (χ1v) is 8.40. The van der Waals surface area contributed by atoms with Gasteiger partial charge in [0.2, 0.25) is 11.7 Å². The Kier molecular flexibility index (Phi) is 3.50. The molecule has 1 saturated carbocycles. The number of nitrogens with zero attached hydrogens (tertiary/aromatic N) is 3. The van der Waals surface area contributed by atoms with Crippen LogP contribution in [-0.2, 0) is 10.2 Å². The second-order valence-corrected chi connectivity index (χ2v) is 7.17. The van der Waals surface area contributed by atoms with Crippen LogP contribution in [-0.4, -0.2) is 50.4 Å². The van der Waals surface area contributed by atoms with Crippen LogP contribution < -0.4 is 4.74 Å². The number of carboxylic acid groups (broad SMARTS) is 1. The lowest BCUT2D eigenvalue weighted by molar-refractivity contribution is -0.0235. The summed E-state index contributed by atoms with van der Waals surface area (Å²) in [5.41, 5.74) is -0.191. The minimum absolute atomic E-state index is 0.0105. The van der Waals surface area contributed by atoms with Gasteiger partial charge >= 0.3 is 5.97 Å². The van der Waals surface area contributed by atoms with E-state index in [1.165, 1.54) is 6.20 Å². The molecule has 8 heteroatoms. The van der Waals surface area contributed by atoms with Crippen LogP contribution >= 0.6 is 0 Å². The van der Waals surface area contributed by atoms with E-state index in [1.54, 1.807) is 10.6 Å². The quantitative estimate of drug-likeness (QED) is 0.862. The molecule has 25 heavy (non-hydrogen) atoms. The molecule has 0 amide bonds. The van der Waals surface area contributed by atoms with Gasteiger partial charge in [0.1, 0.15) is 12.2 Å². The molecule has 0 aromatic carbocycles. The first kappa shape index (κ1) is 16.3. The summed E-state index contributed by atoms with van der Waals surface area (Å²) in [6.45, 7) is 3.75. The summed E-state index contributed by atoms with van der Waals surface area (Å²) in [7, 11) is 0. The Hall–Kier alpha value is -2.22. The minimum atomic E-state index is -1.11. The fourth-order valence-corrected chi connectivity index (χ4v) is 3.74. The third-order valence-corrected chi connectivity index (χ3v) is 5.29. The van der Waals surface area contributed by atoms with Crippen molar-refractivity contribution in [3.63, 3.8) is 0 Å². The SMILES string of the molecule is CCC(C)Oc1nc2nc(C34COC(CF)(C3)C4)cn2cc1C(=O)O. The van der Waals surface area contributed by atoms with Crippen molar-refractivity contribution in [1.29, 1.82) is 0 Å². The number of carboxylic acids is 1. The Bertz CT molecular complexity index is 844. The molecule has 0 spiro atoms. The predicted octanol–water partition coefficient (Wildman–Crippen LogP) is 2.37. The summed E-state index contributed by atoms with van der Waals surface area (Å²) < 4.78 is 26.0. The second-order valence-electron chi connectivity index (χ2n) is 7.17. The fourth-order valence-electron chi connectivity index (χ4n) is 3.74. The van der Waals surface area contributed by atoms with Crippen molar-refractivity contribution in [2.24, 2.45) is 0 Å². The normalized spacial score (nSPS) is 28.8. The Morgan fingerprint density at radius 2 is 2.24 bits per heavy atom. The lowest BCUT2D eigenvalue weighted by atomic mass is 9.61. The standard InChI is InChI=1S/C17H20FN3O4/c1-3-10(2)25-13-11(14(22)23)4-21-5-12(19-15(21)20-13)16-6-17(7-16,8-18)24-9-16/h4-5,10H,3,6-9H2,1-2H3,(H,22,23). The number of alkyl halides is 1. The monoisotopic (exact) mass is 349 g/mol. The highest BCUT2D eigenvalue weighted by atomic mass is 19.1. The Morgan fingerprint density at radius 3 is 2.84 bits per heavy atom. The number of imidazole rings is 1. The summed E-state index contributed by atoms with van der Waals surface area (Å²) in [6, 6.07) is 0. The molecular weight excluding hydrogens is 329 g/mol. The number of hydrogen-bond acceptors (Lipinski definition) is 5. The highest BCUT2D eigenvalue weighted by molar-refractivity contribution is 5.90. The van der Waals surface area contributed by atoms with Crippen LogP contribution in [0.3, 0.4) is 0 Å². The van der Waals surface area contributed by atoms with E-state index in [9.17, 15) is 14.3 Å². The van der Waals surface area contributed by atoms with Gasteiger partial charge in [-0.3, -0.25) is 4.40 Å². The Balaban J connectivity index is 1.73. The third-order valence-electron chi connectivity index (χ3n) is 5.29. The molecule has 3 fully saturated rings. The van der Waals surface area contributed by atoms with Gasteiger partial charge < -0.3 is 14.6 Å². The number of carbonyl (C=O) groups is 1. The van der Waals surface area contributed by atoms with Gasteiger partial charge in [0.05, 0.1) is 24.0 Å². The molecule has 1 unspecified atom stereocenters. The van der Waals surface area contributed by atoms with Gasteiger partial charge in [0.25, 0.3) is 0 Å². The number of ether oxygens (including phenoxy) is 2. The largest absolute Gasteiger partial charge is 0.477 e. The zero-order chi connectivity index (χ0) is 17.8. The number of aromatic carboxylic acids is 1. The molecule has 134 valence electrons. The average Bonchev–Trinajstić information content (AvgIpc) is 3.24. The number of aromatic nitrogens is 3. The Morgan fingerprint density at radius 1 is 1.48 bits per heavy atom. The van der Waals surface area contributed by atoms with Crippen LogP contribution in [0.25, 0.3) is 5.78 Å². The Labute approximate surface area is 143 Å². The molecule has 1 N–H and O–H groups in total. The van der Waals surface area contributed by atoms with Gasteiger partial charge in [0, 0.05) is 17.8 Å². The van der Waals surface area contributed by atoms with Gasteiger partial charge in [-0.05, 0) is 26.2 Å². The molecule has 2 aromatic rings. The van der Waals surface area contributed by atoms with Crippen LogP contribution in [0, 0.1) is 0 Å². The van der Waals surface area contributed by atoms with Crippen molar-refractivity contribution in [3.05, 3.63) is 23.7 Å². The molecule has 4 heterocycles. The molecule has 2 aromatic heterocycles. The number of halogens is 1. The number of fused-ring (bicyclic) bond motifs is 2. The highest BCUT2D eigenvalue weighted by Gasteiger charge is 2.64. The van der Waals surface area contributed by atoms with E-state index < -0.39 is 18.2 Å². The predicted molar refractivity (Wildman–Crippen MR) is 85.9 cm³/mol. The van der Waals surface area contributed by atoms with Gasteiger partial charge in [-0.25, -0.2) is 14.2 Å². The van der Waals surface area contributed by atoms with Gasteiger partial charge in [-0.2, -0.15) is 4.98 Å². The maximum Gasteiger partial charge on any atom is 0.342 e. The van der Waals surface area contributed by atoms with E-state index in [4.69, 9.17) is 9.47 Å². The van der Waals surface area contributed by atoms with Crippen LogP contribution in [0.4, 0.5) is 4.39 Å². The van der Waals surface area contributed by atoms with Crippen LogP contribution in [0.15, 0.2) is 12.4 Å². The van der Waals surface area contributed by atoms with Crippen LogP contribution in [0.2, 0.25) is 0 Å². The van der Waals surface area contributed by atoms with Crippen molar-refractivity contribution in [3.8, 4) is 5.88 Å². The van der Waals surface area contributed by atoms with Crippen LogP contribution in [0.5, 0.6) is 5.88 Å². The van der Waals surface area contributed by atoms with Crippen molar-refractivity contribution in [1.82, 2.24) is 14.4 Å². The summed E-state index contributed by atoms with van der Waals surface area (Å²) in [6.07, 6.45) is 5.01. The average molecular weight is 349 g/mol. The van der Waals surface area contributed by atoms with Gasteiger partial charge in [-0.15, -0.1) is 0 Å². The van der Waals surface area contributed by atoms with E-state index in [0.29, 0.717) is 25.2 Å². The maximum atomic E-state index is 13.1. The highest BCUT2D eigenvalue weighted by Crippen LogP contribution is 2.58. The molecule has 3 aliphatic rings. The van der Waals surface area contributed by atoms with E-state index in [2.05, 4.69) is 9.97 Å². The van der Waals surface area contributed by atoms with Crippen molar-refractivity contribution in [2.75, 3.05) is 13.3 Å². The van der Waals surface area contributed by atoms with E-state index in [0.717, 1.165) is 12.1 Å². The third kappa shape index (κ3) is 2.38. The van der Waals surface area contributed by atoms with E-state index in [-0.39, 0.29) is 23.0 Å². The lowest BCUT2D eigenvalue weighted by Crippen LogP contribution is -2.48. The summed E-state index contributed by atoms with van der Waals surface area (Å²) in [5, 5.41) is 9.44. The van der Waals surface area contributed by atoms with Crippen LogP contribution in [0.1, 0.15) is 49.2 Å². The molecule has 2 saturated heterocycles. The second kappa shape index (κ2) is 5.39. The fraction of sp³-hybridized carbons (Fsp3) is 0.588. The topological polar surface area (TPSA) is 86.0 Å². The van der Waals surface area contributed by atoms with E-state index in [1.807, 2.05) is 13.8 Å². The first-order chi connectivity index (χ1) is 11.9. The minimum Gasteiger partial charge on any atom is -0.477 e.